The molecule has 7 heteroatoms. The zero-order valence-electron chi connectivity index (χ0n) is 14.0. The number of rotatable bonds is 1. The molecule has 2 fully saturated rings. The highest BCUT2D eigenvalue weighted by molar-refractivity contribution is 6.28. The number of ether oxygens (including phenoxy) is 1. The van der Waals surface area contributed by atoms with E-state index in [-0.39, 0.29) is 16.8 Å². The number of aromatic nitrogens is 2. The summed E-state index contributed by atoms with van der Waals surface area (Å²) in [6.07, 6.45) is 1.46. The van der Waals surface area contributed by atoms with Crippen molar-refractivity contribution in [3.8, 4) is 0 Å². The van der Waals surface area contributed by atoms with Gasteiger partial charge in [-0.1, -0.05) is 6.92 Å². The standard InChI is InChI=1S/C16H23ClN4O2/c1-15(2,3)23-14(22)21-8-11-7-20(9-16(11,4)10-21)12-5-6-18-13(17)19-12/h5-6,11H,7-10H2,1-4H3/t11-,16+/m1/s1. The molecule has 0 aromatic carbocycles. The van der Waals surface area contributed by atoms with Crippen LogP contribution in [0.1, 0.15) is 27.7 Å². The second kappa shape index (κ2) is 5.51. The highest BCUT2D eigenvalue weighted by Crippen LogP contribution is 2.43. The Hall–Kier alpha value is -1.56. The van der Waals surface area contributed by atoms with Crippen LogP contribution in [0.4, 0.5) is 10.6 Å². The molecule has 6 nitrogen and oxygen atoms in total. The summed E-state index contributed by atoms with van der Waals surface area (Å²) in [6.45, 7) is 11.1. The summed E-state index contributed by atoms with van der Waals surface area (Å²) < 4.78 is 5.49. The fourth-order valence-electron chi connectivity index (χ4n) is 3.48. The van der Waals surface area contributed by atoms with Crippen LogP contribution in [-0.4, -0.2) is 52.7 Å². The van der Waals surface area contributed by atoms with E-state index in [0.717, 1.165) is 25.5 Å². The minimum absolute atomic E-state index is 0.0499. The summed E-state index contributed by atoms with van der Waals surface area (Å²) in [5.41, 5.74) is -0.409. The summed E-state index contributed by atoms with van der Waals surface area (Å²) in [4.78, 5) is 24.6. The van der Waals surface area contributed by atoms with E-state index in [4.69, 9.17) is 16.3 Å². The highest BCUT2D eigenvalue weighted by atomic mass is 35.5. The smallest absolute Gasteiger partial charge is 0.410 e. The van der Waals surface area contributed by atoms with Gasteiger partial charge in [0, 0.05) is 43.7 Å². The van der Waals surface area contributed by atoms with Crippen LogP contribution in [0.25, 0.3) is 0 Å². The number of hydrogen-bond acceptors (Lipinski definition) is 5. The van der Waals surface area contributed by atoms with Crippen LogP contribution in [0.2, 0.25) is 5.28 Å². The molecule has 2 saturated heterocycles. The second-order valence-corrected chi connectivity index (χ2v) is 8.11. The van der Waals surface area contributed by atoms with Gasteiger partial charge in [0.2, 0.25) is 5.28 Å². The van der Waals surface area contributed by atoms with Crippen LogP contribution in [-0.2, 0) is 4.74 Å². The normalized spacial score (nSPS) is 27.3. The Morgan fingerprint density at radius 3 is 2.74 bits per heavy atom. The molecule has 0 spiro atoms. The van der Waals surface area contributed by atoms with Gasteiger partial charge in [0.1, 0.15) is 11.4 Å². The van der Waals surface area contributed by atoms with E-state index in [1.165, 1.54) is 0 Å². The first-order valence-electron chi connectivity index (χ1n) is 7.88. The number of anilines is 1. The number of halogens is 1. The number of amides is 1. The number of carbonyl (C=O) groups excluding carboxylic acids is 1. The van der Waals surface area contributed by atoms with Crippen LogP contribution in [0, 0.1) is 11.3 Å². The van der Waals surface area contributed by atoms with E-state index in [9.17, 15) is 4.79 Å². The number of carbonyl (C=O) groups is 1. The first-order chi connectivity index (χ1) is 10.7. The molecule has 3 heterocycles. The molecule has 0 unspecified atom stereocenters. The Morgan fingerprint density at radius 1 is 1.39 bits per heavy atom. The molecule has 0 aliphatic carbocycles. The Labute approximate surface area is 141 Å². The summed E-state index contributed by atoms with van der Waals surface area (Å²) in [6, 6.07) is 1.88. The molecule has 2 aliphatic heterocycles. The van der Waals surface area contributed by atoms with Gasteiger partial charge < -0.3 is 14.5 Å². The van der Waals surface area contributed by atoms with Gasteiger partial charge in [-0.15, -0.1) is 0 Å². The molecule has 1 aromatic rings. The van der Waals surface area contributed by atoms with Gasteiger partial charge in [0.05, 0.1) is 0 Å². The highest BCUT2D eigenvalue weighted by Gasteiger charge is 2.51. The van der Waals surface area contributed by atoms with Gasteiger partial charge in [-0.2, -0.15) is 0 Å². The van der Waals surface area contributed by atoms with Gasteiger partial charge >= 0.3 is 6.09 Å². The topological polar surface area (TPSA) is 58.6 Å². The van der Waals surface area contributed by atoms with E-state index < -0.39 is 5.60 Å². The van der Waals surface area contributed by atoms with Crippen LogP contribution in [0.5, 0.6) is 0 Å². The molecule has 0 bridgehead atoms. The average Bonchev–Trinajstić information content (AvgIpc) is 2.88. The predicted octanol–water partition coefficient (Wildman–Crippen LogP) is 2.82. The maximum absolute atomic E-state index is 12.3. The molecule has 1 amide bonds. The number of likely N-dealkylation sites (tertiary alicyclic amines) is 1. The lowest BCUT2D eigenvalue weighted by atomic mass is 9.83. The maximum atomic E-state index is 12.3. The minimum atomic E-state index is -0.459. The number of hydrogen-bond donors (Lipinski definition) is 0. The summed E-state index contributed by atoms with van der Waals surface area (Å²) in [7, 11) is 0. The first-order valence-corrected chi connectivity index (χ1v) is 8.25. The van der Waals surface area contributed by atoms with Crippen LogP contribution < -0.4 is 4.90 Å². The molecule has 126 valence electrons. The van der Waals surface area contributed by atoms with Crippen molar-refractivity contribution in [3.05, 3.63) is 17.5 Å². The molecular weight excluding hydrogens is 316 g/mol. The minimum Gasteiger partial charge on any atom is -0.444 e. The number of fused-ring (bicyclic) bond motifs is 1. The quantitative estimate of drug-likeness (QED) is 0.737. The summed E-state index contributed by atoms with van der Waals surface area (Å²) >= 11 is 5.89. The molecular formula is C16H23ClN4O2. The zero-order valence-corrected chi connectivity index (χ0v) is 14.8. The maximum Gasteiger partial charge on any atom is 0.410 e. The third-order valence-electron chi connectivity index (χ3n) is 4.56. The number of nitrogens with zero attached hydrogens (tertiary/aromatic N) is 4. The van der Waals surface area contributed by atoms with E-state index in [0.29, 0.717) is 12.5 Å². The monoisotopic (exact) mass is 338 g/mol. The Bertz CT molecular complexity index is 618. The molecule has 23 heavy (non-hydrogen) atoms. The Kier molecular flexibility index (Phi) is 3.91. The third-order valence-corrected chi connectivity index (χ3v) is 4.74. The molecule has 2 aliphatic rings. The lowest BCUT2D eigenvalue weighted by molar-refractivity contribution is 0.0273. The molecule has 0 radical (unpaired) electrons. The van der Waals surface area contributed by atoms with E-state index in [1.54, 1.807) is 6.20 Å². The Morgan fingerprint density at radius 2 is 2.13 bits per heavy atom. The molecule has 3 rings (SSSR count). The van der Waals surface area contributed by atoms with Gasteiger partial charge in [-0.3, -0.25) is 0 Å². The predicted molar refractivity (Wildman–Crippen MR) is 88.7 cm³/mol. The Balaban J connectivity index is 1.67. The van der Waals surface area contributed by atoms with E-state index >= 15 is 0 Å². The fourth-order valence-corrected chi connectivity index (χ4v) is 3.63. The van der Waals surface area contributed by atoms with Crippen molar-refractivity contribution >= 4 is 23.5 Å². The molecule has 0 N–H and O–H groups in total. The fraction of sp³-hybridized carbons (Fsp3) is 0.688. The van der Waals surface area contributed by atoms with Gasteiger partial charge in [-0.25, -0.2) is 14.8 Å². The average molecular weight is 339 g/mol. The van der Waals surface area contributed by atoms with E-state index in [2.05, 4.69) is 21.8 Å². The van der Waals surface area contributed by atoms with Gasteiger partial charge in [0.15, 0.2) is 0 Å². The van der Waals surface area contributed by atoms with Crippen molar-refractivity contribution in [1.82, 2.24) is 14.9 Å². The largest absolute Gasteiger partial charge is 0.444 e. The zero-order chi connectivity index (χ0) is 16.8. The molecule has 2 atom stereocenters. The second-order valence-electron chi connectivity index (χ2n) is 7.78. The van der Waals surface area contributed by atoms with Crippen LogP contribution in [0.15, 0.2) is 12.3 Å². The third kappa shape index (κ3) is 3.37. The van der Waals surface area contributed by atoms with Crippen LogP contribution in [0.3, 0.4) is 0 Å². The lowest BCUT2D eigenvalue weighted by Gasteiger charge is -2.28. The molecule has 1 aromatic heterocycles. The SMILES string of the molecule is CC(C)(C)OC(=O)N1C[C@H]2CN(c3ccnc(Cl)n3)C[C@@]2(C)C1. The first kappa shape index (κ1) is 16.3. The van der Waals surface area contributed by atoms with E-state index in [1.807, 2.05) is 31.7 Å². The van der Waals surface area contributed by atoms with Crippen molar-refractivity contribution < 1.29 is 9.53 Å². The molecule has 0 saturated carbocycles. The van der Waals surface area contributed by atoms with Gasteiger partial charge in [0.25, 0.3) is 0 Å². The summed E-state index contributed by atoms with van der Waals surface area (Å²) in [5.74, 6) is 1.26. The van der Waals surface area contributed by atoms with Crippen molar-refractivity contribution in [1.29, 1.82) is 0 Å². The summed E-state index contributed by atoms with van der Waals surface area (Å²) in [5, 5.41) is 0.264. The van der Waals surface area contributed by atoms with Crippen LogP contribution >= 0.6 is 11.6 Å². The lowest BCUT2D eigenvalue weighted by Crippen LogP contribution is -2.39. The van der Waals surface area contributed by atoms with Crippen molar-refractivity contribution in [3.63, 3.8) is 0 Å². The van der Waals surface area contributed by atoms with Crippen molar-refractivity contribution in [2.24, 2.45) is 11.3 Å². The van der Waals surface area contributed by atoms with Crippen molar-refractivity contribution in [2.45, 2.75) is 33.3 Å². The van der Waals surface area contributed by atoms with Gasteiger partial charge in [-0.05, 0) is 38.4 Å². The van der Waals surface area contributed by atoms with Crippen molar-refractivity contribution in [2.75, 3.05) is 31.1 Å².